The molecule has 6 nitrogen and oxygen atoms in total. The second kappa shape index (κ2) is 7.26. The van der Waals surface area contributed by atoms with Gasteiger partial charge in [-0.1, -0.05) is 0 Å². The number of rotatable bonds is 6. The molecule has 1 saturated heterocycles. The van der Waals surface area contributed by atoms with Crippen LogP contribution in [0.5, 0.6) is 5.75 Å². The van der Waals surface area contributed by atoms with Crippen molar-refractivity contribution in [3.63, 3.8) is 0 Å². The molecule has 0 spiro atoms. The monoisotopic (exact) mass is 293 g/mol. The smallest absolute Gasteiger partial charge is 0.223 e. The third-order valence-electron chi connectivity index (χ3n) is 3.77. The van der Waals surface area contributed by atoms with Crippen LogP contribution in [0.15, 0.2) is 17.1 Å². The SMILES string of the molecule is COc1c[nH]c(CN(C)CCN2CCCCC2=O)cc1=O. The molecule has 0 aliphatic carbocycles. The Morgan fingerprint density at radius 1 is 1.38 bits per heavy atom. The molecule has 6 heteroatoms. The van der Waals surface area contributed by atoms with E-state index >= 15 is 0 Å². The van der Waals surface area contributed by atoms with Gasteiger partial charge in [-0.25, -0.2) is 0 Å². The Labute approximate surface area is 124 Å². The van der Waals surface area contributed by atoms with Crippen molar-refractivity contribution in [2.75, 3.05) is 33.8 Å². The number of piperidine rings is 1. The summed E-state index contributed by atoms with van der Waals surface area (Å²) in [5.74, 6) is 0.577. The molecule has 0 saturated carbocycles. The highest BCUT2D eigenvalue weighted by Crippen LogP contribution is 2.10. The van der Waals surface area contributed by atoms with Gasteiger partial charge in [0.15, 0.2) is 5.75 Å². The molecule has 1 aromatic rings. The number of amides is 1. The van der Waals surface area contributed by atoms with E-state index in [4.69, 9.17) is 4.74 Å². The van der Waals surface area contributed by atoms with Crippen molar-refractivity contribution in [1.29, 1.82) is 0 Å². The lowest BCUT2D eigenvalue weighted by Gasteiger charge is -2.28. The standard InChI is InChI=1S/C15H23N3O3/c1-17(7-8-18-6-4-3-5-15(18)20)11-12-9-13(19)14(21-2)10-16-12/h9-10H,3-8,11H2,1-2H3,(H,16,19). The van der Waals surface area contributed by atoms with E-state index < -0.39 is 0 Å². The number of aromatic amines is 1. The number of hydrogen-bond donors (Lipinski definition) is 1. The predicted molar refractivity (Wildman–Crippen MR) is 80.4 cm³/mol. The number of likely N-dealkylation sites (tertiary alicyclic amines) is 1. The Hall–Kier alpha value is -1.82. The number of aromatic nitrogens is 1. The average molecular weight is 293 g/mol. The molecule has 0 atom stereocenters. The van der Waals surface area contributed by atoms with Crippen molar-refractivity contribution in [3.8, 4) is 5.75 Å². The van der Waals surface area contributed by atoms with E-state index in [9.17, 15) is 9.59 Å². The van der Waals surface area contributed by atoms with Gasteiger partial charge in [0.2, 0.25) is 11.3 Å². The van der Waals surface area contributed by atoms with Crippen LogP contribution in [-0.4, -0.2) is 54.5 Å². The van der Waals surface area contributed by atoms with Crippen molar-refractivity contribution in [1.82, 2.24) is 14.8 Å². The van der Waals surface area contributed by atoms with Crippen molar-refractivity contribution in [2.24, 2.45) is 0 Å². The molecule has 0 unspecified atom stereocenters. The number of carbonyl (C=O) groups is 1. The van der Waals surface area contributed by atoms with Gasteiger partial charge in [-0.15, -0.1) is 0 Å². The zero-order valence-electron chi connectivity index (χ0n) is 12.7. The minimum atomic E-state index is -0.120. The van der Waals surface area contributed by atoms with Crippen LogP contribution in [0.25, 0.3) is 0 Å². The highest BCUT2D eigenvalue weighted by atomic mass is 16.5. The van der Waals surface area contributed by atoms with Gasteiger partial charge < -0.3 is 14.6 Å². The lowest BCUT2D eigenvalue weighted by molar-refractivity contribution is -0.133. The van der Waals surface area contributed by atoms with E-state index in [-0.39, 0.29) is 11.3 Å². The number of pyridine rings is 1. The van der Waals surface area contributed by atoms with Gasteiger partial charge in [0.1, 0.15) is 0 Å². The molecule has 1 N–H and O–H groups in total. The molecule has 116 valence electrons. The first-order chi connectivity index (χ1) is 10.1. The van der Waals surface area contributed by atoms with E-state index in [1.165, 1.54) is 7.11 Å². The van der Waals surface area contributed by atoms with Crippen molar-refractivity contribution in [3.05, 3.63) is 28.2 Å². The molecule has 0 aromatic carbocycles. The number of carbonyl (C=O) groups excluding carboxylic acids is 1. The molecule has 1 amide bonds. The first-order valence-electron chi connectivity index (χ1n) is 7.32. The van der Waals surface area contributed by atoms with Gasteiger partial charge >= 0.3 is 0 Å². The molecular weight excluding hydrogens is 270 g/mol. The fourth-order valence-corrected chi connectivity index (χ4v) is 2.51. The molecule has 1 fully saturated rings. The first-order valence-corrected chi connectivity index (χ1v) is 7.32. The van der Waals surface area contributed by atoms with Gasteiger partial charge in [0.05, 0.1) is 7.11 Å². The van der Waals surface area contributed by atoms with Gasteiger partial charge in [0.25, 0.3) is 0 Å². The largest absolute Gasteiger partial charge is 0.491 e. The molecule has 0 radical (unpaired) electrons. The minimum absolute atomic E-state index is 0.120. The Balaban J connectivity index is 1.84. The van der Waals surface area contributed by atoms with Gasteiger partial charge in [-0.05, 0) is 19.9 Å². The molecule has 2 heterocycles. The van der Waals surface area contributed by atoms with Crippen LogP contribution in [0, 0.1) is 0 Å². The summed E-state index contributed by atoms with van der Waals surface area (Å²) in [5, 5.41) is 0. The number of nitrogens with zero attached hydrogens (tertiary/aromatic N) is 2. The van der Waals surface area contributed by atoms with Crippen LogP contribution < -0.4 is 10.2 Å². The third kappa shape index (κ3) is 4.32. The van der Waals surface area contributed by atoms with Crippen LogP contribution >= 0.6 is 0 Å². The number of methoxy groups -OCH3 is 1. The van der Waals surface area contributed by atoms with E-state index in [2.05, 4.69) is 9.88 Å². The molecule has 1 aromatic heterocycles. The Morgan fingerprint density at radius 3 is 2.86 bits per heavy atom. The Kier molecular flexibility index (Phi) is 5.38. The van der Waals surface area contributed by atoms with Crippen molar-refractivity contribution < 1.29 is 9.53 Å². The number of ether oxygens (including phenoxy) is 1. The molecule has 0 bridgehead atoms. The minimum Gasteiger partial charge on any atom is -0.491 e. The Bertz CT molecular complexity index is 541. The van der Waals surface area contributed by atoms with Gasteiger partial charge in [0, 0.05) is 50.6 Å². The lowest BCUT2D eigenvalue weighted by atomic mass is 10.1. The summed E-state index contributed by atoms with van der Waals surface area (Å²) >= 11 is 0. The van der Waals surface area contributed by atoms with Gasteiger partial charge in [-0.3, -0.25) is 14.5 Å². The zero-order valence-corrected chi connectivity index (χ0v) is 12.7. The molecular formula is C15H23N3O3. The van der Waals surface area contributed by atoms with Gasteiger partial charge in [-0.2, -0.15) is 0 Å². The third-order valence-corrected chi connectivity index (χ3v) is 3.77. The van der Waals surface area contributed by atoms with Crippen LogP contribution in [0.2, 0.25) is 0 Å². The predicted octanol–water partition coefficient (Wildman–Crippen LogP) is 0.828. The number of likely N-dealkylation sites (N-methyl/N-ethyl adjacent to an activating group) is 1. The van der Waals surface area contributed by atoms with E-state index in [0.29, 0.717) is 18.7 Å². The maximum atomic E-state index is 11.7. The van der Waals surface area contributed by atoms with Crippen LogP contribution in [0.3, 0.4) is 0 Å². The quantitative estimate of drug-likeness (QED) is 0.843. The number of H-pyrrole nitrogens is 1. The topological polar surface area (TPSA) is 65.6 Å². The lowest BCUT2D eigenvalue weighted by Crippen LogP contribution is -2.40. The molecule has 2 rings (SSSR count). The fourth-order valence-electron chi connectivity index (χ4n) is 2.51. The van der Waals surface area contributed by atoms with E-state index in [1.807, 2.05) is 11.9 Å². The van der Waals surface area contributed by atoms with Crippen molar-refractivity contribution in [2.45, 2.75) is 25.8 Å². The highest BCUT2D eigenvalue weighted by Gasteiger charge is 2.17. The van der Waals surface area contributed by atoms with Crippen LogP contribution in [-0.2, 0) is 11.3 Å². The fraction of sp³-hybridized carbons (Fsp3) is 0.600. The van der Waals surface area contributed by atoms with Crippen LogP contribution in [0.4, 0.5) is 0 Å². The number of hydrogen-bond acceptors (Lipinski definition) is 4. The first kappa shape index (κ1) is 15.6. The molecule has 21 heavy (non-hydrogen) atoms. The summed E-state index contributed by atoms with van der Waals surface area (Å²) in [7, 11) is 3.46. The summed E-state index contributed by atoms with van der Waals surface area (Å²) in [5.41, 5.74) is 0.721. The summed E-state index contributed by atoms with van der Waals surface area (Å²) in [6.07, 6.45) is 4.37. The summed E-state index contributed by atoms with van der Waals surface area (Å²) in [6, 6.07) is 1.56. The van der Waals surface area contributed by atoms with Crippen molar-refractivity contribution >= 4 is 5.91 Å². The average Bonchev–Trinajstić information content (AvgIpc) is 2.46. The highest BCUT2D eigenvalue weighted by molar-refractivity contribution is 5.76. The second-order valence-corrected chi connectivity index (χ2v) is 5.47. The molecule has 1 aliphatic heterocycles. The van der Waals surface area contributed by atoms with Crippen LogP contribution in [0.1, 0.15) is 25.0 Å². The van der Waals surface area contributed by atoms with E-state index in [1.54, 1.807) is 12.3 Å². The maximum absolute atomic E-state index is 11.7. The summed E-state index contributed by atoms with van der Waals surface area (Å²) in [4.78, 5) is 30.5. The molecule has 1 aliphatic rings. The second-order valence-electron chi connectivity index (χ2n) is 5.47. The number of nitrogens with one attached hydrogen (secondary N) is 1. The Morgan fingerprint density at radius 2 is 2.19 bits per heavy atom. The normalized spacial score (nSPS) is 15.6. The summed E-state index contributed by atoms with van der Waals surface area (Å²) < 4.78 is 4.94. The zero-order chi connectivity index (χ0) is 15.2. The maximum Gasteiger partial charge on any atom is 0.223 e. The summed E-state index contributed by atoms with van der Waals surface area (Å²) in [6.45, 7) is 3.04. The van der Waals surface area contributed by atoms with E-state index in [0.717, 1.165) is 38.2 Å².